The first-order chi connectivity index (χ1) is 7.86. The molecule has 16 heavy (non-hydrogen) atoms. The van der Waals surface area contributed by atoms with Crippen LogP contribution in [0.3, 0.4) is 0 Å². The van der Waals surface area contributed by atoms with Gasteiger partial charge in [-0.3, -0.25) is 0 Å². The zero-order chi connectivity index (χ0) is 11.2. The van der Waals surface area contributed by atoms with Crippen molar-refractivity contribution < 1.29 is 0 Å². The second kappa shape index (κ2) is 6.61. The zero-order valence-electron chi connectivity index (χ0n) is 10.8. The number of nitrogens with one attached hydrogen (secondary N) is 2. The molecule has 2 heteroatoms. The number of hydrogen-bond acceptors (Lipinski definition) is 2. The van der Waals surface area contributed by atoms with E-state index < -0.39 is 0 Å². The van der Waals surface area contributed by atoms with Crippen LogP contribution in [0.25, 0.3) is 0 Å². The van der Waals surface area contributed by atoms with Crippen molar-refractivity contribution in [1.29, 1.82) is 0 Å². The van der Waals surface area contributed by atoms with Gasteiger partial charge in [0.05, 0.1) is 0 Å². The van der Waals surface area contributed by atoms with Crippen LogP contribution in [0.1, 0.15) is 58.3 Å². The first-order valence-corrected chi connectivity index (χ1v) is 7.33. The molecule has 0 amide bonds. The number of rotatable bonds is 3. The highest BCUT2D eigenvalue weighted by molar-refractivity contribution is 4.82. The van der Waals surface area contributed by atoms with Gasteiger partial charge in [-0.25, -0.2) is 0 Å². The van der Waals surface area contributed by atoms with Crippen molar-refractivity contribution in [3.63, 3.8) is 0 Å². The molecule has 0 radical (unpaired) electrons. The molecule has 0 bridgehead atoms. The normalized spacial score (nSPS) is 30.9. The van der Waals surface area contributed by atoms with Gasteiger partial charge in [-0.2, -0.15) is 0 Å². The molecule has 1 saturated carbocycles. The SMILES string of the molecule is CC(NC1CCCCCC1)C1CCCNC1. The van der Waals surface area contributed by atoms with Crippen LogP contribution < -0.4 is 10.6 Å². The van der Waals surface area contributed by atoms with Crippen molar-refractivity contribution in [3.8, 4) is 0 Å². The Labute approximate surface area is 101 Å². The monoisotopic (exact) mass is 224 g/mol. The summed E-state index contributed by atoms with van der Waals surface area (Å²) in [5.74, 6) is 0.858. The second-order valence-corrected chi connectivity index (χ2v) is 5.75. The average molecular weight is 224 g/mol. The van der Waals surface area contributed by atoms with Crippen LogP contribution in [0.2, 0.25) is 0 Å². The average Bonchev–Trinajstić information content (AvgIpc) is 2.59. The predicted molar refractivity (Wildman–Crippen MR) is 69.7 cm³/mol. The maximum atomic E-state index is 3.89. The van der Waals surface area contributed by atoms with Gasteiger partial charge in [-0.1, -0.05) is 25.7 Å². The lowest BCUT2D eigenvalue weighted by Gasteiger charge is -2.32. The van der Waals surface area contributed by atoms with Crippen molar-refractivity contribution in [3.05, 3.63) is 0 Å². The van der Waals surface area contributed by atoms with E-state index in [1.807, 2.05) is 0 Å². The van der Waals surface area contributed by atoms with E-state index in [-0.39, 0.29) is 0 Å². The summed E-state index contributed by atoms with van der Waals surface area (Å²) in [5, 5.41) is 7.41. The summed E-state index contributed by atoms with van der Waals surface area (Å²) >= 11 is 0. The minimum Gasteiger partial charge on any atom is -0.316 e. The molecule has 0 aromatic carbocycles. The maximum absolute atomic E-state index is 3.89. The van der Waals surface area contributed by atoms with E-state index in [0.717, 1.165) is 12.0 Å². The topological polar surface area (TPSA) is 24.1 Å². The van der Waals surface area contributed by atoms with Crippen molar-refractivity contribution in [1.82, 2.24) is 10.6 Å². The molecular formula is C14H28N2. The van der Waals surface area contributed by atoms with E-state index >= 15 is 0 Å². The summed E-state index contributed by atoms with van der Waals surface area (Å²) in [6.45, 7) is 4.84. The van der Waals surface area contributed by atoms with Crippen LogP contribution in [0.5, 0.6) is 0 Å². The summed E-state index contributed by atoms with van der Waals surface area (Å²) in [7, 11) is 0. The van der Waals surface area contributed by atoms with Crippen LogP contribution in [0, 0.1) is 5.92 Å². The third kappa shape index (κ3) is 3.74. The van der Waals surface area contributed by atoms with Gasteiger partial charge in [0, 0.05) is 12.1 Å². The Bertz CT molecular complexity index is 179. The Kier molecular flexibility index (Phi) is 5.11. The molecule has 0 aromatic rings. The van der Waals surface area contributed by atoms with E-state index in [9.17, 15) is 0 Å². The molecule has 2 fully saturated rings. The van der Waals surface area contributed by atoms with Gasteiger partial charge < -0.3 is 10.6 Å². The van der Waals surface area contributed by atoms with Gasteiger partial charge in [0.1, 0.15) is 0 Å². The Morgan fingerprint density at radius 1 is 1.00 bits per heavy atom. The van der Waals surface area contributed by atoms with Crippen LogP contribution in [0.4, 0.5) is 0 Å². The van der Waals surface area contributed by atoms with Crippen LogP contribution >= 0.6 is 0 Å². The third-order valence-electron chi connectivity index (χ3n) is 4.40. The molecule has 0 aromatic heterocycles. The molecule has 1 saturated heterocycles. The largest absolute Gasteiger partial charge is 0.316 e. The van der Waals surface area contributed by atoms with Crippen molar-refractivity contribution in [2.75, 3.05) is 13.1 Å². The quantitative estimate of drug-likeness (QED) is 0.720. The molecule has 2 N–H and O–H groups in total. The summed E-state index contributed by atoms with van der Waals surface area (Å²) in [6.07, 6.45) is 11.4. The molecule has 2 rings (SSSR count). The molecule has 2 nitrogen and oxygen atoms in total. The molecule has 2 aliphatic rings. The summed E-state index contributed by atoms with van der Waals surface area (Å²) < 4.78 is 0. The molecule has 1 aliphatic carbocycles. The summed E-state index contributed by atoms with van der Waals surface area (Å²) in [6, 6.07) is 1.51. The van der Waals surface area contributed by atoms with E-state index in [0.29, 0.717) is 6.04 Å². The second-order valence-electron chi connectivity index (χ2n) is 5.75. The molecule has 94 valence electrons. The first kappa shape index (κ1) is 12.4. The van der Waals surface area contributed by atoms with E-state index in [2.05, 4.69) is 17.6 Å². The molecule has 1 aliphatic heterocycles. The Balaban J connectivity index is 1.73. The van der Waals surface area contributed by atoms with Gasteiger partial charge in [0.15, 0.2) is 0 Å². The van der Waals surface area contributed by atoms with Crippen molar-refractivity contribution in [2.24, 2.45) is 5.92 Å². The Morgan fingerprint density at radius 2 is 1.75 bits per heavy atom. The fraction of sp³-hybridized carbons (Fsp3) is 1.00. The summed E-state index contributed by atoms with van der Waals surface area (Å²) in [4.78, 5) is 0. The fourth-order valence-electron chi connectivity index (χ4n) is 3.26. The minimum absolute atomic E-state index is 0.705. The number of hydrogen-bond donors (Lipinski definition) is 2. The lowest BCUT2D eigenvalue weighted by atomic mass is 9.92. The molecular weight excluding hydrogens is 196 g/mol. The zero-order valence-corrected chi connectivity index (χ0v) is 10.8. The van der Waals surface area contributed by atoms with Crippen LogP contribution in [0.15, 0.2) is 0 Å². The maximum Gasteiger partial charge on any atom is 0.00817 e. The molecule has 2 atom stereocenters. The lowest BCUT2D eigenvalue weighted by Crippen LogP contribution is -2.46. The standard InChI is InChI=1S/C14H28N2/c1-12(13-7-6-10-15-11-13)16-14-8-4-2-3-5-9-14/h12-16H,2-11H2,1H3. The minimum atomic E-state index is 0.705. The van der Waals surface area contributed by atoms with E-state index in [1.165, 1.54) is 64.5 Å². The van der Waals surface area contributed by atoms with Crippen molar-refractivity contribution in [2.45, 2.75) is 70.4 Å². The molecule has 1 heterocycles. The highest BCUT2D eigenvalue weighted by Gasteiger charge is 2.22. The number of piperidine rings is 1. The fourth-order valence-corrected chi connectivity index (χ4v) is 3.26. The Hall–Kier alpha value is -0.0800. The predicted octanol–water partition coefficient (Wildman–Crippen LogP) is 2.69. The van der Waals surface area contributed by atoms with E-state index in [4.69, 9.17) is 0 Å². The van der Waals surface area contributed by atoms with Gasteiger partial charge >= 0.3 is 0 Å². The Morgan fingerprint density at radius 3 is 2.38 bits per heavy atom. The van der Waals surface area contributed by atoms with Gasteiger partial charge in [0.2, 0.25) is 0 Å². The lowest BCUT2D eigenvalue weighted by molar-refractivity contribution is 0.269. The molecule has 0 spiro atoms. The van der Waals surface area contributed by atoms with Crippen LogP contribution in [-0.4, -0.2) is 25.2 Å². The molecule has 2 unspecified atom stereocenters. The van der Waals surface area contributed by atoms with Crippen LogP contribution in [-0.2, 0) is 0 Å². The van der Waals surface area contributed by atoms with E-state index in [1.54, 1.807) is 0 Å². The highest BCUT2D eigenvalue weighted by Crippen LogP contribution is 2.20. The summed E-state index contributed by atoms with van der Waals surface area (Å²) in [5.41, 5.74) is 0. The highest BCUT2D eigenvalue weighted by atomic mass is 15.0. The third-order valence-corrected chi connectivity index (χ3v) is 4.40. The van der Waals surface area contributed by atoms with Gasteiger partial charge in [-0.05, 0) is 51.6 Å². The van der Waals surface area contributed by atoms with Crippen molar-refractivity contribution >= 4 is 0 Å². The van der Waals surface area contributed by atoms with Gasteiger partial charge in [0.25, 0.3) is 0 Å². The first-order valence-electron chi connectivity index (χ1n) is 7.33. The van der Waals surface area contributed by atoms with Gasteiger partial charge in [-0.15, -0.1) is 0 Å². The smallest absolute Gasteiger partial charge is 0.00817 e.